The molecule has 38 heavy (non-hydrogen) atoms. The molecule has 0 heterocycles. The van der Waals surface area contributed by atoms with Crippen molar-refractivity contribution in [3.63, 3.8) is 0 Å². The van der Waals surface area contributed by atoms with Gasteiger partial charge in [0.15, 0.2) is 6.10 Å². The van der Waals surface area contributed by atoms with Crippen molar-refractivity contribution in [3.8, 4) is 11.5 Å². The van der Waals surface area contributed by atoms with Gasteiger partial charge in [-0.05, 0) is 49.1 Å². The van der Waals surface area contributed by atoms with Crippen molar-refractivity contribution >= 4 is 12.1 Å². The summed E-state index contributed by atoms with van der Waals surface area (Å²) < 4.78 is 56.3. The van der Waals surface area contributed by atoms with Crippen molar-refractivity contribution in [2.45, 2.75) is 57.7 Å². The minimum Gasteiger partial charge on any atom is -0.492 e. The average molecular weight is 538 g/mol. The molecule has 3 rings (SSSR count). The predicted molar refractivity (Wildman–Crippen MR) is 134 cm³/mol. The zero-order chi connectivity index (χ0) is 27.5. The number of hydrogen-bond donors (Lipinski definition) is 1. The number of aliphatic carboxylic acids is 1. The summed E-state index contributed by atoms with van der Waals surface area (Å²) in [6.45, 7) is 2.62. The van der Waals surface area contributed by atoms with Gasteiger partial charge in [0.25, 0.3) is 0 Å². The van der Waals surface area contributed by atoms with Crippen LogP contribution in [0.15, 0.2) is 48.5 Å². The van der Waals surface area contributed by atoms with Gasteiger partial charge < -0.3 is 24.2 Å². The van der Waals surface area contributed by atoms with Crippen LogP contribution in [0.3, 0.4) is 0 Å². The van der Waals surface area contributed by atoms with Crippen LogP contribution in [0.5, 0.6) is 11.5 Å². The first-order valence-electron chi connectivity index (χ1n) is 12.9. The molecular weight excluding hydrogens is 503 g/mol. The fourth-order valence-electron chi connectivity index (χ4n) is 4.51. The highest BCUT2D eigenvalue weighted by Crippen LogP contribution is 2.36. The third-order valence-electron chi connectivity index (χ3n) is 6.55. The highest BCUT2D eigenvalue weighted by atomic mass is 19.4. The fourth-order valence-corrected chi connectivity index (χ4v) is 4.51. The van der Waals surface area contributed by atoms with Gasteiger partial charge in [-0.15, -0.1) is 0 Å². The van der Waals surface area contributed by atoms with Gasteiger partial charge in [0, 0.05) is 19.6 Å². The summed E-state index contributed by atoms with van der Waals surface area (Å²) in [6.07, 6.45) is -1.03. The Hall–Kier alpha value is -3.27. The molecule has 1 fully saturated rings. The number of nitrogens with zero attached hydrogens (tertiary/aromatic N) is 1. The second kappa shape index (κ2) is 14.0. The molecule has 1 amide bonds. The Morgan fingerprint density at radius 3 is 2.37 bits per heavy atom. The summed E-state index contributed by atoms with van der Waals surface area (Å²) in [4.78, 5) is 25.6. The topological polar surface area (TPSA) is 85.3 Å². The van der Waals surface area contributed by atoms with E-state index in [1.165, 1.54) is 17.0 Å². The Balaban J connectivity index is 1.60. The molecule has 1 atom stereocenters. The minimum atomic E-state index is -4.64. The van der Waals surface area contributed by atoms with Gasteiger partial charge in [-0.3, -0.25) is 0 Å². The Morgan fingerprint density at radius 2 is 1.74 bits per heavy atom. The van der Waals surface area contributed by atoms with Gasteiger partial charge in [-0.25, -0.2) is 9.59 Å². The van der Waals surface area contributed by atoms with Crippen LogP contribution in [0.25, 0.3) is 0 Å². The molecule has 0 radical (unpaired) electrons. The average Bonchev–Trinajstić information content (AvgIpc) is 3.40. The van der Waals surface area contributed by atoms with E-state index in [2.05, 4.69) is 0 Å². The molecule has 0 aromatic heterocycles. The highest BCUT2D eigenvalue weighted by Gasteiger charge is 2.35. The van der Waals surface area contributed by atoms with Crippen molar-refractivity contribution in [1.29, 1.82) is 0 Å². The van der Waals surface area contributed by atoms with Crippen molar-refractivity contribution in [2.75, 3.05) is 26.3 Å². The number of carboxylic acids is 1. The lowest BCUT2D eigenvalue weighted by Crippen LogP contribution is -2.38. The number of carbonyl (C=O) groups is 2. The lowest BCUT2D eigenvalue weighted by atomic mass is 10.0. The van der Waals surface area contributed by atoms with E-state index in [9.17, 15) is 27.9 Å². The molecule has 0 bridgehead atoms. The molecule has 0 saturated heterocycles. The van der Waals surface area contributed by atoms with Crippen LogP contribution < -0.4 is 9.47 Å². The Morgan fingerprint density at radius 1 is 1.05 bits per heavy atom. The van der Waals surface area contributed by atoms with Crippen LogP contribution in [0.2, 0.25) is 0 Å². The maximum Gasteiger partial charge on any atom is 0.419 e. The summed E-state index contributed by atoms with van der Waals surface area (Å²) in [5, 5.41) is 9.25. The number of ether oxygens (including phenoxy) is 3. The quantitative estimate of drug-likeness (QED) is 0.328. The Labute approximate surface area is 220 Å². The Bertz CT molecular complexity index is 1040. The second-order valence-electron chi connectivity index (χ2n) is 9.27. The van der Waals surface area contributed by atoms with Crippen molar-refractivity contribution in [3.05, 3.63) is 59.7 Å². The van der Waals surface area contributed by atoms with E-state index >= 15 is 0 Å². The van der Waals surface area contributed by atoms with Crippen LogP contribution in [0.1, 0.15) is 50.2 Å². The SMILES string of the molecule is CCOC(Cc1ccc(OCCN(CCC2CCCC2)C(=O)Oc2ccccc2C(F)(F)F)cc1)C(=O)O. The van der Waals surface area contributed by atoms with Crippen LogP contribution >= 0.6 is 0 Å². The van der Waals surface area contributed by atoms with Gasteiger partial charge in [0.1, 0.15) is 18.1 Å². The van der Waals surface area contributed by atoms with Crippen molar-refractivity contribution in [1.82, 2.24) is 4.90 Å². The van der Waals surface area contributed by atoms with E-state index in [4.69, 9.17) is 14.2 Å². The van der Waals surface area contributed by atoms with Crippen LogP contribution in [0.4, 0.5) is 18.0 Å². The third kappa shape index (κ3) is 8.93. The number of halogens is 3. The standard InChI is InChI=1S/C28H34F3NO6/c1-2-36-25(26(33)34)19-21-11-13-22(14-12-21)37-18-17-32(16-15-20-7-3-4-8-20)27(35)38-24-10-6-5-9-23(24)28(29,30)31/h5-6,9-14,20,25H,2-4,7-8,15-19H2,1H3,(H,33,34). The molecule has 1 aliphatic rings. The third-order valence-corrected chi connectivity index (χ3v) is 6.55. The number of rotatable bonds is 13. The lowest BCUT2D eigenvalue weighted by molar-refractivity contribution is -0.150. The maximum atomic E-state index is 13.4. The Kier molecular flexibility index (Phi) is 10.8. The van der Waals surface area contributed by atoms with Crippen molar-refractivity contribution < 1.29 is 42.1 Å². The monoisotopic (exact) mass is 537 g/mol. The lowest BCUT2D eigenvalue weighted by Gasteiger charge is -2.24. The first-order valence-corrected chi connectivity index (χ1v) is 12.9. The molecule has 10 heteroatoms. The second-order valence-corrected chi connectivity index (χ2v) is 9.27. The summed E-state index contributed by atoms with van der Waals surface area (Å²) in [5.74, 6) is -0.565. The minimum absolute atomic E-state index is 0.108. The number of para-hydroxylation sites is 1. The van der Waals surface area contributed by atoms with E-state index in [1.54, 1.807) is 31.2 Å². The molecule has 1 unspecified atom stereocenters. The maximum absolute atomic E-state index is 13.4. The number of amides is 1. The van der Waals surface area contributed by atoms with Gasteiger partial charge in [0.05, 0.1) is 12.1 Å². The largest absolute Gasteiger partial charge is 0.492 e. The number of alkyl halides is 3. The smallest absolute Gasteiger partial charge is 0.419 e. The zero-order valence-corrected chi connectivity index (χ0v) is 21.4. The van der Waals surface area contributed by atoms with Crippen LogP contribution in [-0.2, 0) is 22.1 Å². The summed E-state index contributed by atoms with van der Waals surface area (Å²) in [5.41, 5.74) is -0.238. The first kappa shape index (κ1) is 29.3. The normalized spacial score (nSPS) is 14.7. The predicted octanol–water partition coefficient (Wildman–Crippen LogP) is 6.20. The molecule has 2 aromatic rings. The fraction of sp³-hybridized carbons (Fsp3) is 0.500. The molecule has 1 N–H and O–H groups in total. The van der Waals surface area contributed by atoms with Crippen LogP contribution in [-0.4, -0.2) is 54.5 Å². The van der Waals surface area contributed by atoms with E-state index in [0.29, 0.717) is 24.8 Å². The molecule has 1 saturated carbocycles. The molecule has 1 aliphatic carbocycles. The summed E-state index contributed by atoms with van der Waals surface area (Å²) >= 11 is 0. The molecule has 0 spiro atoms. The van der Waals surface area contributed by atoms with Gasteiger partial charge >= 0.3 is 18.2 Å². The molecule has 2 aromatic carbocycles. The van der Waals surface area contributed by atoms with Crippen LogP contribution in [0, 0.1) is 5.92 Å². The summed E-state index contributed by atoms with van der Waals surface area (Å²) in [7, 11) is 0. The van der Waals surface area contributed by atoms with E-state index in [-0.39, 0.29) is 19.6 Å². The van der Waals surface area contributed by atoms with Crippen molar-refractivity contribution in [2.24, 2.45) is 5.92 Å². The highest BCUT2D eigenvalue weighted by molar-refractivity contribution is 5.72. The number of hydrogen-bond acceptors (Lipinski definition) is 5. The van der Waals surface area contributed by atoms with E-state index < -0.39 is 35.7 Å². The number of carbonyl (C=O) groups excluding carboxylic acids is 1. The molecular formula is C28H34F3NO6. The summed E-state index contributed by atoms with van der Waals surface area (Å²) in [6, 6.07) is 11.5. The number of benzene rings is 2. The molecule has 7 nitrogen and oxygen atoms in total. The van der Waals surface area contributed by atoms with E-state index in [0.717, 1.165) is 49.8 Å². The first-order chi connectivity index (χ1) is 18.2. The number of carboxylic acid groups (broad SMARTS) is 1. The van der Waals surface area contributed by atoms with Gasteiger partial charge in [0.2, 0.25) is 0 Å². The molecule has 0 aliphatic heterocycles. The zero-order valence-electron chi connectivity index (χ0n) is 21.4. The molecule has 208 valence electrons. The van der Waals surface area contributed by atoms with Gasteiger partial charge in [-0.2, -0.15) is 13.2 Å². The van der Waals surface area contributed by atoms with E-state index in [1.807, 2.05) is 0 Å². The van der Waals surface area contributed by atoms with Gasteiger partial charge in [-0.1, -0.05) is 49.9 Å².